The Balaban J connectivity index is 2.08. The highest BCUT2D eigenvalue weighted by Crippen LogP contribution is 2.27. The van der Waals surface area contributed by atoms with E-state index in [2.05, 4.69) is 4.98 Å². The lowest BCUT2D eigenvalue weighted by Crippen LogP contribution is -2.38. The quantitative estimate of drug-likeness (QED) is 0.756. The minimum Gasteiger partial charge on any atom is -0.465 e. The maximum Gasteiger partial charge on any atom is 0.325 e. The van der Waals surface area contributed by atoms with Gasteiger partial charge in [0.05, 0.1) is 12.8 Å². The SMILES string of the molecule is CCOC(=O)CN(C(=O)c1ccc(F)cn1)C1CC1. The van der Waals surface area contributed by atoms with Crippen LogP contribution in [0.4, 0.5) is 4.39 Å². The highest BCUT2D eigenvalue weighted by Gasteiger charge is 2.35. The number of carbonyl (C=O) groups is 2. The van der Waals surface area contributed by atoms with Crippen LogP contribution in [0.1, 0.15) is 30.3 Å². The molecule has 1 aliphatic carbocycles. The summed E-state index contributed by atoms with van der Waals surface area (Å²) in [7, 11) is 0. The van der Waals surface area contributed by atoms with E-state index in [0.29, 0.717) is 0 Å². The minimum absolute atomic E-state index is 0.0590. The Morgan fingerprint density at radius 2 is 2.21 bits per heavy atom. The Kier molecular flexibility index (Phi) is 4.09. The molecule has 1 aliphatic rings. The van der Waals surface area contributed by atoms with E-state index in [9.17, 15) is 14.0 Å². The summed E-state index contributed by atoms with van der Waals surface area (Å²) in [6.07, 6.45) is 2.72. The Morgan fingerprint density at radius 3 is 2.74 bits per heavy atom. The molecule has 19 heavy (non-hydrogen) atoms. The lowest BCUT2D eigenvalue weighted by Gasteiger charge is -2.20. The first-order chi connectivity index (χ1) is 9.11. The second-order valence-corrected chi connectivity index (χ2v) is 4.33. The third-order valence-electron chi connectivity index (χ3n) is 2.80. The molecule has 1 heterocycles. The summed E-state index contributed by atoms with van der Waals surface area (Å²) >= 11 is 0. The molecule has 102 valence electrons. The predicted molar refractivity (Wildman–Crippen MR) is 64.9 cm³/mol. The number of halogens is 1. The number of amides is 1. The number of hydrogen-bond donors (Lipinski definition) is 0. The lowest BCUT2D eigenvalue weighted by molar-refractivity contribution is -0.144. The van der Waals surface area contributed by atoms with E-state index in [1.807, 2.05) is 0 Å². The zero-order valence-electron chi connectivity index (χ0n) is 10.6. The maximum absolute atomic E-state index is 12.8. The van der Waals surface area contributed by atoms with Crippen molar-refractivity contribution in [3.05, 3.63) is 29.8 Å². The molecule has 0 saturated heterocycles. The van der Waals surface area contributed by atoms with Crippen molar-refractivity contribution in [2.45, 2.75) is 25.8 Å². The molecular formula is C13H15FN2O3. The van der Waals surface area contributed by atoms with E-state index in [1.165, 1.54) is 17.0 Å². The molecular weight excluding hydrogens is 251 g/mol. The van der Waals surface area contributed by atoms with Crippen molar-refractivity contribution in [2.75, 3.05) is 13.2 Å². The number of nitrogens with zero attached hydrogens (tertiary/aromatic N) is 2. The van der Waals surface area contributed by atoms with Gasteiger partial charge in [-0.1, -0.05) is 0 Å². The van der Waals surface area contributed by atoms with Gasteiger partial charge in [-0.3, -0.25) is 9.59 Å². The van der Waals surface area contributed by atoms with Gasteiger partial charge in [-0.15, -0.1) is 0 Å². The third kappa shape index (κ3) is 3.49. The molecule has 5 nitrogen and oxygen atoms in total. The minimum atomic E-state index is -0.500. The molecule has 0 radical (unpaired) electrons. The average molecular weight is 266 g/mol. The predicted octanol–water partition coefficient (Wildman–Crippen LogP) is 1.39. The van der Waals surface area contributed by atoms with Gasteiger partial charge < -0.3 is 9.64 Å². The summed E-state index contributed by atoms with van der Waals surface area (Å²) in [4.78, 5) is 28.9. The monoisotopic (exact) mass is 266 g/mol. The molecule has 1 aromatic rings. The molecule has 0 spiro atoms. The second kappa shape index (κ2) is 5.77. The average Bonchev–Trinajstić information content (AvgIpc) is 3.21. The number of rotatable bonds is 5. The van der Waals surface area contributed by atoms with Crippen LogP contribution in [0, 0.1) is 5.82 Å². The van der Waals surface area contributed by atoms with Crippen LogP contribution in [0.25, 0.3) is 0 Å². The van der Waals surface area contributed by atoms with E-state index >= 15 is 0 Å². The number of hydrogen-bond acceptors (Lipinski definition) is 4. The first-order valence-electron chi connectivity index (χ1n) is 6.20. The smallest absolute Gasteiger partial charge is 0.325 e. The van der Waals surface area contributed by atoms with Crippen LogP contribution in [-0.4, -0.2) is 41.0 Å². The van der Waals surface area contributed by atoms with Gasteiger partial charge >= 0.3 is 5.97 Å². The number of pyridine rings is 1. The van der Waals surface area contributed by atoms with Crippen LogP contribution in [0.5, 0.6) is 0 Å². The summed E-state index contributed by atoms with van der Waals surface area (Å²) in [5.41, 5.74) is 0.137. The highest BCUT2D eigenvalue weighted by atomic mass is 19.1. The van der Waals surface area contributed by atoms with Gasteiger partial charge in [-0.05, 0) is 31.9 Å². The summed E-state index contributed by atoms with van der Waals surface area (Å²) in [6, 6.07) is 2.55. The van der Waals surface area contributed by atoms with E-state index < -0.39 is 11.8 Å². The summed E-state index contributed by atoms with van der Waals surface area (Å²) < 4.78 is 17.6. The fourth-order valence-corrected chi connectivity index (χ4v) is 1.75. The zero-order chi connectivity index (χ0) is 13.8. The zero-order valence-corrected chi connectivity index (χ0v) is 10.6. The molecule has 1 fully saturated rings. The first-order valence-corrected chi connectivity index (χ1v) is 6.20. The van der Waals surface area contributed by atoms with E-state index in [-0.39, 0.29) is 30.8 Å². The number of aromatic nitrogens is 1. The van der Waals surface area contributed by atoms with Crippen molar-refractivity contribution in [1.82, 2.24) is 9.88 Å². The Hall–Kier alpha value is -1.98. The molecule has 0 bridgehead atoms. The highest BCUT2D eigenvalue weighted by molar-refractivity contribution is 5.94. The summed E-state index contributed by atoms with van der Waals surface area (Å²) in [5, 5.41) is 0. The lowest BCUT2D eigenvalue weighted by atomic mass is 10.3. The largest absolute Gasteiger partial charge is 0.465 e. The van der Waals surface area contributed by atoms with Gasteiger partial charge in [0.15, 0.2) is 0 Å². The summed E-state index contributed by atoms with van der Waals surface area (Å²) in [6.45, 7) is 1.90. The van der Waals surface area contributed by atoms with Gasteiger partial charge in [-0.25, -0.2) is 9.37 Å². The van der Waals surface area contributed by atoms with Crippen LogP contribution in [0.15, 0.2) is 18.3 Å². The van der Waals surface area contributed by atoms with E-state index in [4.69, 9.17) is 4.74 Å². The van der Waals surface area contributed by atoms with E-state index in [0.717, 1.165) is 19.0 Å². The first kappa shape index (κ1) is 13.5. The molecule has 1 saturated carbocycles. The van der Waals surface area contributed by atoms with Gasteiger partial charge in [0.2, 0.25) is 0 Å². The molecule has 0 unspecified atom stereocenters. The van der Waals surface area contributed by atoms with Crippen molar-refractivity contribution < 1.29 is 18.7 Å². The van der Waals surface area contributed by atoms with Crippen LogP contribution in [-0.2, 0) is 9.53 Å². The molecule has 1 aromatic heterocycles. The van der Waals surface area contributed by atoms with Gasteiger partial charge in [-0.2, -0.15) is 0 Å². The number of esters is 1. The molecule has 0 aromatic carbocycles. The Bertz CT molecular complexity index is 471. The number of carbonyl (C=O) groups excluding carboxylic acids is 2. The van der Waals surface area contributed by atoms with Crippen LogP contribution in [0.2, 0.25) is 0 Å². The van der Waals surface area contributed by atoms with Crippen LogP contribution >= 0.6 is 0 Å². The normalized spacial score (nSPS) is 14.0. The van der Waals surface area contributed by atoms with Gasteiger partial charge in [0.25, 0.3) is 5.91 Å². The van der Waals surface area contributed by atoms with Crippen LogP contribution in [0.3, 0.4) is 0 Å². The van der Waals surface area contributed by atoms with Crippen molar-refractivity contribution >= 4 is 11.9 Å². The van der Waals surface area contributed by atoms with Gasteiger partial charge in [0, 0.05) is 6.04 Å². The Labute approximate surface area is 110 Å². The maximum atomic E-state index is 12.8. The van der Waals surface area contributed by atoms with Gasteiger partial charge in [0.1, 0.15) is 18.1 Å². The van der Waals surface area contributed by atoms with E-state index in [1.54, 1.807) is 6.92 Å². The molecule has 0 aliphatic heterocycles. The fourth-order valence-electron chi connectivity index (χ4n) is 1.75. The van der Waals surface area contributed by atoms with Crippen molar-refractivity contribution in [3.8, 4) is 0 Å². The van der Waals surface area contributed by atoms with Crippen molar-refractivity contribution in [2.24, 2.45) is 0 Å². The topological polar surface area (TPSA) is 59.5 Å². The molecule has 6 heteroatoms. The Morgan fingerprint density at radius 1 is 1.47 bits per heavy atom. The fraction of sp³-hybridized carbons (Fsp3) is 0.462. The number of ether oxygens (including phenoxy) is 1. The van der Waals surface area contributed by atoms with Crippen molar-refractivity contribution in [1.29, 1.82) is 0 Å². The summed E-state index contributed by atoms with van der Waals surface area (Å²) in [5.74, 6) is -1.31. The van der Waals surface area contributed by atoms with Crippen LogP contribution < -0.4 is 0 Å². The van der Waals surface area contributed by atoms with Crippen molar-refractivity contribution in [3.63, 3.8) is 0 Å². The second-order valence-electron chi connectivity index (χ2n) is 4.33. The molecule has 0 atom stereocenters. The molecule has 2 rings (SSSR count). The molecule has 1 amide bonds. The molecule has 0 N–H and O–H groups in total. The third-order valence-corrected chi connectivity index (χ3v) is 2.80. The standard InChI is InChI=1S/C13H15FN2O3/c1-2-19-12(17)8-16(10-4-5-10)13(18)11-6-3-9(14)7-15-11/h3,6-7,10H,2,4-5,8H2,1H3.